The quantitative estimate of drug-likeness (QED) is 0.918. The first-order valence-corrected chi connectivity index (χ1v) is 7.65. The van der Waals surface area contributed by atoms with E-state index in [4.69, 9.17) is 4.74 Å². The minimum atomic E-state index is -0.133. The van der Waals surface area contributed by atoms with Gasteiger partial charge in [0.05, 0.1) is 13.2 Å². The number of methoxy groups -OCH3 is 1. The van der Waals surface area contributed by atoms with Crippen LogP contribution >= 0.6 is 0 Å². The Labute approximate surface area is 138 Å². The molecule has 0 fully saturated rings. The molecule has 1 atom stereocenters. The Morgan fingerprint density at radius 1 is 1.13 bits per heavy atom. The topological polar surface area (TPSA) is 41.6 Å². The summed E-state index contributed by atoms with van der Waals surface area (Å²) < 4.78 is 5.39. The molecule has 2 aromatic rings. The number of anilines is 1. The second kappa shape index (κ2) is 7.18. The third-order valence-electron chi connectivity index (χ3n) is 3.85. The minimum Gasteiger partial charge on any atom is -0.496 e. The number of rotatable bonds is 5. The Balaban J connectivity index is 2.15. The van der Waals surface area contributed by atoms with Gasteiger partial charge in [0.2, 0.25) is 0 Å². The molecule has 4 heteroatoms. The first-order valence-electron chi connectivity index (χ1n) is 7.65. The highest BCUT2D eigenvalue weighted by molar-refractivity contribution is 5.94. The van der Waals surface area contributed by atoms with Crippen LogP contribution in [0.15, 0.2) is 42.5 Å². The molecular formula is C19H24N2O2. The van der Waals surface area contributed by atoms with E-state index in [1.165, 1.54) is 0 Å². The molecule has 23 heavy (non-hydrogen) atoms. The van der Waals surface area contributed by atoms with Gasteiger partial charge in [0.15, 0.2) is 0 Å². The summed E-state index contributed by atoms with van der Waals surface area (Å²) in [5, 5.41) is 3.03. The number of nitrogens with zero attached hydrogens (tertiary/aromatic N) is 1. The lowest BCUT2D eigenvalue weighted by atomic mass is 10.0. The standard InChI is InChI=1S/C19H24N2O2/c1-13-6-11-18(23-5)17(12-13)14(2)20-19(22)15-7-9-16(10-8-15)21(3)4/h6-12,14H,1-5H3,(H,20,22). The van der Waals surface area contributed by atoms with Crippen molar-refractivity contribution >= 4 is 11.6 Å². The zero-order chi connectivity index (χ0) is 17.0. The van der Waals surface area contributed by atoms with Gasteiger partial charge in [-0.05, 0) is 44.2 Å². The average Bonchev–Trinajstić information content (AvgIpc) is 2.54. The molecule has 0 aromatic heterocycles. The third-order valence-corrected chi connectivity index (χ3v) is 3.85. The fourth-order valence-electron chi connectivity index (χ4n) is 2.46. The molecule has 1 N–H and O–H groups in total. The van der Waals surface area contributed by atoms with E-state index >= 15 is 0 Å². The van der Waals surface area contributed by atoms with Gasteiger partial charge >= 0.3 is 0 Å². The number of aryl methyl sites for hydroxylation is 1. The van der Waals surface area contributed by atoms with Crippen LogP contribution in [0.2, 0.25) is 0 Å². The number of carbonyl (C=O) groups is 1. The maximum Gasteiger partial charge on any atom is 0.251 e. The van der Waals surface area contributed by atoms with E-state index in [2.05, 4.69) is 5.32 Å². The molecule has 0 saturated heterocycles. The molecule has 1 unspecified atom stereocenters. The molecular weight excluding hydrogens is 288 g/mol. The van der Waals surface area contributed by atoms with Gasteiger partial charge in [-0.1, -0.05) is 17.7 Å². The second-order valence-electron chi connectivity index (χ2n) is 5.88. The summed E-state index contributed by atoms with van der Waals surface area (Å²) in [6, 6.07) is 13.4. The summed E-state index contributed by atoms with van der Waals surface area (Å²) in [7, 11) is 5.59. The second-order valence-corrected chi connectivity index (χ2v) is 5.88. The van der Waals surface area contributed by atoms with Gasteiger partial charge in [-0.25, -0.2) is 0 Å². The number of amides is 1. The lowest BCUT2D eigenvalue weighted by Gasteiger charge is -2.18. The van der Waals surface area contributed by atoms with Crippen molar-refractivity contribution in [2.75, 3.05) is 26.1 Å². The van der Waals surface area contributed by atoms with Crippen LogP contribution in [0.25, 0.3) is 0 Å². The van der Waals surface area contributed by atoms with Crippen LogP contribution in [0, 0.1) is 6.92 Å². The summed E-state index contributed by atoms with van der Waals surface area (Å²) in [4.78, 5) is 14.4. The van der Waals surface area contributed by atoms with Gasteiger partial charge in [-0.3, -0.25) is 4.79 Å². The normalized spacial score (nSPS) is 11.7. The zero-order valence-electron chi connectivity index (χ0n) is 14.4. The Morgan fingerprint density at radius 2 is 1.78 bits per heavy atom. The molecule has 2 aromatic carbocycles. The van der Waals surface area contributed by atoms with Crippen molar-refractivity contribution in [2.24, 2.45) is 0 Å². The number of ether oxygens (including phenoxy) is 1. The monoisotopic (exact) mass is 312 g/mol. The number of hydrogen-bond donors (Lipinski definition) is 1. The summed E-state index contributed by atoms with van der Waals surface area (Å²) in [5.74, 6) is 0.692. The molecule has 0 aliphatic rings. The van der Waals surface area contributed by atoms with Crippen LogP contribution in [-0.4, -0.2) is 27.1 Å². The maximum absolute atomic E-state index is 12.4. The molecule has 122 valence electrons. The number of carbonyl (C=O) groups excluding carboxylic acids is 1. The molecule has 0 bridgehead atoms. The highest BCUT2D eigenvalue weighted by Gasteiger charge is 2.15. The van der Waals surface area contributed by atoms with Crippen LogP contribution < -0.4 is 15.0 Å². The predicted octanol–water partition coefficient (Wildman–Crippen LogP) is 3.56. The number of nitrogens with one attached hydrogen (secondary N) is 1. The Morgan fingerprint density at radius 3 is 2.35 bits per heavy atom. The van der Waals surface area contributed by atoms with Gasteiger partial charge < -0.3 is 15.0 Å². The van der Waals surface area contributed by atoms with E-state index in [0.717, 1.165) is 22.6 Å². The van der Waals surface area contributed by atoms with E-state index in [1.807, 2.05) is 75.3 Å². The fraction of sp³-hybridized carbons (Fsp3) is 0.316. The number of benzene rings is 2. The molecule has 0 heterocycles. The summed E-state index contributed by atoms with van der Waals surface area (Å²) >= 11 is 0. The summed E-state index contributed by atoms with van der Waals surface area (Å²) in [6.45, 7) is 3.99. The Kier molecular flexibility index (Phi) is 5.27. The Bertz CT molecular complexity index is 678. The van der Waals surface area contributed by atoms with Crippen LogP contribution in [0.5, 0.6) is 5.75 Å². The summed E-state index contributed by atoms with van der Waals surface area (Å²) in [5.41, 5.74) is 3.83. The van der Waals surface area contributed by atoms with Crippen molar-refractivity contribution in [1.29, 1.82) is 0 Å². The average molecular weight is 312 g/mol. The van der Waals surface area contributed by atoms with Crippen LogP contribution in [0.3, 0.4) is 0 Å². The lowest BCUT2D eigenvalue weighted by molar-refractivity contribution is 0.0939. The minimum absolute atomic E-state index is 0.0913. The van der Waals surface area contributed by atoms with Gasteiger partial charge in [0.1, 0.15) is 5.75 Å². The first-order chi connectivity index (χ1) is 10.9. The van der Waals surface area contributed by atoms with Crippen LogP contribution in [0.1, 0.15) is 34.5 Å². The Hall–Kier alpha value is -2.49. The van der Waals surface area contributed by atoms with Crippen LogP contribution in [-0.2, 0) is 0 Å². The van der Waals surface area contributed by atoms with Gasteiger partial charge in [-0.2, -0.15) is 0 Å². The fourth-order valence-corrected chi connectivity index (χ4v) is 2.46. The highest BCUT2D eigenvalue weighted by atomic mass is 16.5. The van der Waals surface area contributed by atoms with Gasteiger partial charge in [-0.15, -0.1) is 0 Å². The molecule has 0 spiro atoms. The SMILES string of the molecule is COc1ccc(C)cc1C(C)NC(=O)c1ccc(N(C)C)cc1. The number of hydrogen-bond acceptors (Lipinski definition) is 3. The van der Waals surface area contributed by atoms with Crippen molar-refractivity contribution in [3.8, 4) is 5.75 Å². The molecule has 1 amide bonds. The van der Waals surface area contributed by atoms with Crippen LogP contribution in [0.4, 0.5) is 5.69 Å². The molecule has 2 rings (SSSR count). The smallest absolute Gasteiger partial charge is 0.251 e. The van der Waals surface area contributed by atoms with Crippen molar-refractivity contribution in [3.63, 3.8) is 0 Å². The molecule has 4 nitrogen and oxygen atoms in total. The molecule has 0 aliphatic heterocycles. The lowest BCUT2D eigenvalue weighted by Crippen LogP contribution is -2.27. The highest BCUT2D eigenvalue weighted by Crippen LogP contribution is 2.26. The third kappa shape index (κ3) is 4.03. The predicted molar refractivity (Wildman–Crippen MR) is 94.4 cm³/mol. The van der Waals surface area contributed by atoms with E-state index < -0.39 is 0 Å². The summed E-state index contributed by atoms with van der Waals surface area (Å²) in [6.07, 6.45) is 0. The van der Waals surface area contributed by atoms with Gasteiger partial charge in [0, 0.05) is 30.9 Å². The van der Waals surface area contributed by atoms with Crippen molar-refractivity contribution in [2.45, 2.75) is 19.9 Å². The first kappa shape index (κ1) is 16.9. The van der Waals surface area contributed by atoms with Gasteiger partial charge in [0.25, 0.3) is 5.91 Å². The molecule has 0 aliphatic carbocycles. The molecule has 0 saturated carbocycles. The largest absolute Gasteiger partial charge is 0.496 e. The van der Waals surface area contributed by atoms with E-state index in [0.29, 0.717) is 5.56 Å². The van der Waals surface area contributed by atoms with E-state index in [9.17, 15) is 4.79 Å². The maximum atomic E-state index is 12.4. The van der Waals surface area contributed by atoms with Crippen molar-refractivity contribution in [1.82, 2.24) is 5.32 Å². The zero-order valence-corrected chi connectivity index (χ0v) is 14.4. The van der Waals surface area contributed by atoms with E-state index in [-0.39, 0.29) is 11.9 Å². The van der Waals surface area contributed by atoms with Crippen molar-refractivity contribution < 1.29 is 9.53 Å². The van der Waals surface area contributed by atoms with Crippen molar-refractivity contribution in [3.05, 3.63) is 59.2 Å². The van der Waals surface area contributed by atoms with E-state index in [1.54, 1.807) is 7.11 Å². The molecule has 0 radical (unpaired) electrons.